The van der Waals surface area contributed by atoms with Crippen molar-refractivity contribution in [1.82, 2.24) is 0 Å². The molecular weight excluding hydrogens is 144 g/mol. The van der Waals surface area contributed by atoms with Crippen LogP contribution in [0.2, 0.25) is 6.32 Å². The lowest BCUT2D eigenvalue weighted by atomic mass is 9.68. The van der Waals surface area contributed by atoms with E-state index < -0.39 is 18.7 Å². The van der Waals surface area contributed by atoms with Gasteiger partial charge in [0.15, 0.2) is 0 Å². The Hall–Kier alpha value is -0.185. The van der Waals surface area contributed by atoms with E-state index >= 15 is 0 Å². The second-order valence-corrected chi connectivity index (χ2v) is 3.22. The zero-order chi connectivity index (χ0) is 7.83. The molecule has 5 heteroatoms. The van der Waals surface area contributed by atoms with Crippen LogP contribution < -0.4 is 0 Å². The molecule has 1 rings (SSSR count). The summed E-state index contributed by atoms with van der Waals surface area (Å²) < 4.78 is 40.0. The highest BCUT2D eigenvalue weighted by atomic mass is 19.4. The maximum absolute atomic E-state index is 11.8. The zero-order valence-corrected chi connectivity index (χ0v) is 5.74. The predicted octanol–water partition coefficient (Wildman–Crippen LogP) is 1.87. The summed E-state index contributed by atoms with van der Waals surface area (Å²) in [7, 11) is 0. The highest BCUT2D eigenvalue weighted by Crippen LogP contribution is 2.37. The summed E-state index contributed by atoms with van der Waals surface area (Å²) in [6, 6.07) is 0. The summed E-state index contributed by atoms with van der Waals surface area (Å²) >= 11 is 0. The van der Waals surface area contributed by atoms with Crippen LogP contribution in [0.1, 0.15) is 6.92 Å². The summed E-state index contributed by atoms with van der Waals surface area (Å²) in [6.45, 7) is -2.51. The predicted molar refractivity (Wildman–Crippen MR) is 32.8 cm³/mol. The fourth-order valence-electron chi connectivity index (χ4n) is 1.13. The highest BCUT2D eigenvalue weighted by molar-refractivity contribution is 6.58. The van der Waals surface area contributed by atoms with Crippen molar-refractivity contribution in [3.05, 3.63) is 0 Å². The number of halogens is 3. The molecule has 0 radical (unpaired) electrons. The minimum absolute atomic E-state index is 0.258. The first-order valence-corrected chi connectivity index (χ1v) is 3.20. The maximum atomic E-state index is 11.8. The third kappa shape index (κ3) is 1.90. The minimum atomic E-state index is -4.63. The fraction of sp³-hybridized carbons (Fsp3) is 1.00. The number of hydrogen-bond acceptors (Lipinski definition) is 1. The summed E-state index contributed by atoms with van der Waals surface area (Å²) in [5, 5.41) is 0. The van der Waals surface area contributed by atoms with Gasteiger partial charge < -0.3 is 17.7 Å². The summed E-state index contributed by atoms with van der Waals surface area (Å²) in [5.74, 6) is 0. The number of rotatable bonds is 2. The highest BCUT2D eigenvalue weighted by Gasteiger charge is 2.40. The van der Waals surface area contributed by atoms with E-state index in [1.54, 1.807) is 6.92 Å². The van der Waals surface area contributed by atoms with E-state index in [4.69, 9.17) is 4.74 Å². The molecule has 0 aromatic rings. The molecule has 0 amide bonds. The Morgan fingerprint density at radius 3 is 2.00 bits per heavy atom. The Morgan fingerprint density at radius 2 is 1.90 bits per heavy atom. The molecular formula is C5H9BF3O-. The summed E-state index contributed by atoms with van der Waals surface area (Å²) in [4.78, 5) is 0. The molecule has 0 unspecified atom stereocenters. The van der Waals surface area contributed by atoms with Gasteiger partial charge in [0.2, 0.25) is 0 Å². The third-order valence-corrected chi connectivity index (χ3v) is 1.63. The van der Waals surface area contributed by atoms with Gasteiger partial charge in [-0.25, -0.2) is 0 Å². The molecule has 10 heavy (non-hydrogen) atoms. The van der Waals surface area contributed by atoms with Gasteiger partial charge in [-0.2, -0.15) is 0 Å². The topological polar surface area (TPSA) is 9.23 Å². The molecule has 1 heterocycles. The van der Waals surface area contributed by atoms with E-state index in [9.17, 15) is 12.9 Å². The van der Waals surface area contributed by atoms with E-state index in [1.807, 2.05) is 0 Å². The molecule has 1 nitrogen and oxygen atoms in total. The Balaban J connectivity index is 2.37. The quantitative estimate of drug-likeness (QED) is 0.550. The van der Waals surface area contributed by atoms with Gasteiger partial charge in [-0.1, -0.05) is 13.2 Å². The van der Waals surface area contributed by atoms with Gasteiger partial charge in [-0.05, 0) is 5.41 Å². The number of ether oxygens (including phenoxy) is 1. The van der Waals surface area contributed by atoms with E-state index in [1.165, 1.54) is 0 Å². The zero-order valence-electron chi connectivity index (χ0n) is 5.74. The Labute approximate surface area is 57.6 Å². The average molecular weight is 153 g/mol. The molecule has 1 fully saturated rings. The molecule has 0 atom stereocenters. The van der Waals surface area contributed by atoms with E-state index in [-0.39, 0.29) is 13.2 Å². The molecule has 60 valence electrons. The molecule has 0 bridgehead atoms. The van der Waals surface area contributed by atoms with Crippen molar-refractivity contribution in [1.29, 1.82) is 0 Å². The van der Waals surface area contributed by atoms with Gasteiger partial charge in [-0.15, -0.1) is 0 Å². The van der Waals surface area contributed by atoms with Crippen molar-refractivity contribution < 1.29 is 17.7 Å². The normalized spacial score (nSPS) is 24.0. The monoisotopic (exact) mass is 153 g/mol. The molecule has 0 saturated carbocycles. The third-order valence-electron chi connectivity index (χ3n) is 1.63. The first-order chi connectivity index (χ1) is 4.41. The minimum Gasteiger partial charge on any atom is -0.449 e. The first kappa shape index (κ1) is 7.92. The lowest BCUT2D eigenvalue weighted by Crippen LogP contribution is -2.43. The van der Waals surface area contributed by atoms with Crippen molar-refractivity contribution >= 4 is 6.98 Å². The van der Waals surface area contributed by atoms with Crippen molar-refractivity contribution in [2.45, 2.75) is 13.2 Å². The van der Waals surface area contributed by atoms with Crippen molar-refractivity contribution in [2.24, 2.45) is 5.41 Å². The molecule has 0 N–H and O–H groups in total. The lowest BCUT2D eigenvalue weighted by Gasteiger charge is -2.41. The fourth-order valence-corrected chi connectivity index (χ4v) is 1.13. The molecule has 0 aromatic heterocycles. The van der Waals surface area contributed by atoms with Crippen LogP contribution in [0.5, 0.6) is 0 Å². The maximum Gasteiger partial charge on any atom is 0.479 e. The van der Waals surface area contributed by atoms with E-state index in [0.29, 0.717) is 0 Å². The molecule has 1 aliphatic rings. The van der Waals surface area contributed by atoms with Gasteiger partial charge in [0.05, 0.1) is 13.2 Å². The van der Waals surface area contributed by atoms with Crippen LogP contribution in [0, 0.1) is 5.41 Å². The Bertz CT molecular complexity index is 129. The lowest BCUT2D eigenvalue weighted by molar-refractivity contribution is -0.0925. The standard InChI is InChI=1S/C5H9BF3O/c1-5(3-10-4-5)2-6(7,8)9/h2-4H2,1H3/q-1. The Kier molecular flexibility index (Phi) is 1.70. The molecule has 1 saturated heterocycles. The first-order valence-electron chi connectivity index (χ1n) is 3.20. The largest absolute Gasteiger partial charge is 0.479 e. The van der Waals surface area contributed by atoms with Crippen molar-refractivity contribution in [2.75, 3.05) is 13.2 Å². The van der Waals surface area contributed by atoms with Gasteiger partial charge in [0, 0.05) is 0 Å². The summed E-state index contributed by atoms with van der Waals surface area (Å²) in [6.07, 6.45) is -0.660. The second kappa shape index (κ2) is 2.15. The van der Waals surface area contributed by atoms with Crippen LogP contribution in [0.3, 0.4) is 0 Å². The average Bonchev–Trinajstić information content (AvgIpc) is 1.57. The van der Waals surface area contributed by atoms with E-state index in [2.05, 4.69) is 0 Å². The molecule has 0 spiro atoms. The van der Waals surface area contributed by atoms with Gasteiger partial charge in [0.25, 0.3) is 0 Å². The second-order valence-electron chi connectivity index (χ2n) is 3.22. The van der Waals surface area contributed by atoms with Crippen LogP contribution in [-0.4, -0.2) is 20.2 Å². The van der Waals surface area contributed by atoms with Crippen LogP contribution in [0.25, 0.3) is 0 Å². The smallest absolute Gasteiger partial charge is 0.449 e. The van der Waals surface area contributed by atoms with Crippen LogP contribution in [0.4, 0.5) is 12.9 Å². The summed E-state index contributed by atoms with van der Waals surface area (Å²) in [5.41, 5.74) is -0.613. The van der Waals surface area contributed by atoms with Gasteiger partial charge >= 0.3 is 6.98 Å². The van der Waals surface area contributed by atoms with Gasteiger partial charge in [-0.3, -0.25) is 0 Å². The van der Waals surface area contributed by atoms with Crippen molar-refractivity contribution in [3.8, 4) is 0 Å². The number of hydrogen-bond donors (Lipinski definition) is 0. The van der Waals surface area contributed by atoms with Crippen LogP contribution in [0.15, 0.2) is 0 Å². The van der Waals surface area contributed by atoms with Gasteiger partial charge in [0.1, 0.15) is 0 Å². The molecule has 0 aromatic carbocycles. The van der Waals surface area contributed by atoms with Crippen LogP contribution >= 0.6 is 0 Å². The van der Waals surface area contributed by atoms with E-state index in [0.717, 1.165) is 0 Å². The molecule has 1 aliphatic heterocycles. The Morgan fingerprint density at radius 1 is 1.40 bits per heavy atom. The van der Waals surface area contributed by atoms with Crippen molar-refractivity contribution in [3.63, 3.8) is 0 Å². The molecule has 0 aliphatic carbocycles. The SMILES string of the molecule is CC1(C[B-](F)(F)F)COC1. The van der Waals surface area contributed by atoms with Crippen LogP contribution in [-0.2, 0) is 4.74 Å².